The molecule has 1 amide bonds. The van der Waals surface area contributed by atoms with E-state index in [1.54, 1.807) is 29.6 Å². The van der Waals surface area contributed by atoms with Crippen LogP contribution in [0.2, 0.25) is 5.02 Å². The number of hydrogen-bond donors (Lipinski definition) is 2. The summed E-state index contributed by atoms with van der Waals surface area (Å²) in [7, 11) is 0. The smallest absolute Gasteiger partial charge is 0.388 e. The summed E-state index contributed by atoms with van der Waals surface area (Å²) >= 11 is 5.90. The molecule has 0 aliphatic rings. The van der Waals surface area contributed by atoms with Gasteiger partial charge in [0.15, 0.2) is 6.04 Å². The van der Waals surface area contributed by atoms with Crippen molar-refractivity contribution in [1.29, 1.82) is 0 Å². The Balaban J connectivity index is 2.16. The molecule has 7 nitrogen and oxygen atoms in total. The van der Waals surface area contributed by atoms with E-state index >= 15 is 0 Å². The minimum Gasteiger partial charge on any atom is -0.388 e. The molecule has 11 heteroatoms. The van der Waals surface area contributed by atoms with Crippen LogP contribution in [0, 0.1) is 0 Å². The summed E-state index contributed by atoms with van der Waals surface area (Å²) < 4.78 is 41.2. The summed E-state index contributed by atoms with van der Waals surface area (Å²) in [6.45, 7) is 1.82. The first-order valence-electron chi connectivity index (χ1n) is 9.28. The highest BCUT2D eigenvalue weighted by Gasteiger charge is 2.49. The number of pyridine rings is 1. The number of hydrogen-bond acceptors (Lipinski definition) is 5. The van der Waals surface area contributed by atoms with E-state index in [-0.39, 0.29) is 11.4 Å². The van der Waals surface area contributed by atoms with Gasteiger partial charge in [-0.2, -0.15) is 23.0 Å². The fraction of sp³-hybridized carbons (Fsp3) is 0.238. The minimum absolute atomic E-state index is 0.141. The number of nitrogens with zero attached hydrogens (tertiary/aromatic N) is 3. The molecule has 0 aliphatic carbocycles. The molecule has 0 radical (unpaired) electrons. The maximum Gasteiger partial charge on any atom is 0.411 e. The van der Waals surface area contributed by atoms with Crippen molar-refractivity contribution in [3.05, 3.63) is 75.8 Å². The van der Waals surface area contributed by atoms with Crippen LogP contribution in [0.4, 0.5) is 13.2 Å². The average Bonchev–Trinajstić information content (AvgIpc) is 2.71. The molecule has 0 bridgehead atoms. The normalized spacial score (nSPS) is 13.0. The summed E-state index contributed by atoms with van der Waals surface area (Å²) in [6.07, 6.45) is -2.18. The second kappa shape index (κ2) is 8.71. The van der Waals surface area contributed by atoms with Gasteiger partial charge in [0.1, 0.15) is 5.56 Å². The van der Waals surface area contributed by atoms with Crippen molar-refractivity contribution >= 4 is 17.5 Å². The number of nitrogens with one attached hydrogen (secondary N) is 1. The number of carbonyl (C=O) groups is 1. The number of halogens is 4. The van der Waals surface area contributed by atoms with Gasteiger partial charge in [-0.25, -0.2) is 0 Å². The van der Waals surface area contributed by atoms with Crippen molar-refractivity contribution < 1.29 is 23.1 Å². The third kappa shape index (κ3) is 5.14. The maximum atomic E-state index is 13.4. The second-order valence-electron chi connectivity index (χ2n) is 7.48. The van der Waals surface area contributed by atoms with Crippen LogP contribution >= 0.6 is 11.6 Å². The van der Waals surface area contributed by atoms with Crippen molar-refractivity contribution in [3.63, 3.8) is 0 Å². The van der Waals surface area contributed by atoms with E-state index in [0.717, 1.165) is 24.6 Å². The summed E-state index contributed by atoms with van der Waals surface area (Å²) in [6, 6.07) is 7.81. The molecule has 168 valence electrons. The number of rotatable bonds is 5. The fourth-order valence-corrected chi connectivity index (χ4v) is 3.07. The lowest BCUT2D eigenvalue weighted by atomic mass is 9.98. The van der Waals surface area contributed by atoms with Gasteiger partial charge in [0.05, 0.1) is 23.2 Å². The van der Waals surface area contributed by atoms with Gasteiger partial charge < -0.3 is 10.4 Å². The zero-order chi connectivity index (χ0) is 23.7. The van der Waals surface area contributed by atoms with E-state index in [0.29, 0.717) is 10.6 Å². The Bertz CT molecular complexity index is 1160. The largest absolute Gasteiger partial charge is 0.411 e. The zero-order valence-corrected chi connectivity index (χ0v) is 17.6. The molecule has 2 aromatic heterocycles. The number of carbonyl (C=O) groups excluding carboxylic acids is 1. The Morgan fingerprint density at radius 2 is 1.84 bits per heavy atom. The van der Waals surface area contributed by atoms with Crippen LogP contribution in [0.1, 0.15) is 24.2 Å². The third-order valence-corrected chi connectivity index (χ3v) is 4.75. The quantitative estimate of drug-likeness (QED) is 0.601. The number of benzene rings is 1. The molecule has 32 heavy (non-hydrogen) atoms. The molecule has 0 spiro atoms. The topological polar surface area (TPSA) is 97.1 Å². The van der Waals surface area contributed by atoms with E-state index in [9.17, 15) is 27.9 Å². The highest BCUT2D eigenvalue weighted by Crippen LogP contribution is 2.28. The molecular weight excluding hydrogens is 449 g/mol. The highest BCUT2D eigenvalue weighted by atomic mass is 35.5. The third-order valence-electron chi connectivity index (χ3n) is 4.50. The first kappa shape index (κ1) is 23.4. The van der Waals surface area contributed by atoms with Crippen LogP contribution < -0.4 is 10.9 Å². The van der Waals surface area contributed by atoms with Crippen LogP contribution in [0.3, 0.4) is 0 Å². The van der Waals surface area contributed by atoms with Crippen molar-refractivity contribution in [1.82, 2.24) is 20.1 Å². The summed E-state index contributed by atoms with van der Waals surface area (Å²) in [5.41, 5.74) is -3.06. The van der Waals surface area contributed by atoms with Gasteiger partial charge in [0.25, 0.3) is 11.5 Å². The monoisotopic (exact) mass is 466 g/mol. The van der Waals surface area contributed by atoms with Gasteiger partial charge in [-0.15, -0.1) is 0 Å². The summed E-state index contributed by atoms with van der Waals surface area (Å²) in [5.74, 6) is -1.31. The Morgan fingerprint density at radius 1 is 1.19 bits per heavy atom. The molecule has 3 rings (SSSR count). The molecule has 0 aliphatic heterocycles. The molecule has 3 aromatic rings. The summed E-state index contributed by atoms with van der Waals surface area (Å²) in [5, 5.41) is 16.3. The fourth-order valence-electron chi connectivity index (χ4n) is 2.94. The Morgan fingerprint density at radius 3 is 2.38 bits per heavy atom. The van der Waals surface area contributed by atoms with E-state index in [4.69, 9.17) is 11.6 Å². The van der Waals surface area contributed by atoms with Crippen LogP contribution in [0.5, 0.6) is 0 Å². The zero-order valence-electron chi connectivity index (χ0n) is 16.9. The van der Waals surface area contributed by atoms with Crippen LogP contribution in [0.25, 0.3) is 16.9 Å². The molecule has 0 saturated carbocycles. The van der Waals surface area contributed by atoms with Gasteiger partial charge in [-0.05, 0) is 44.2 Å². The van der Waals surface area contributed by atoms with Gasteiger partial charge in [0, 0.05) is 16.8 Å². The van der Waals surface area contributed by atoms with Crippen molar-refractivity contribution in [2.75, 3.05) is 0 Å². The lowest BCUT2D eigenvalue weighted by molar-refractivity contribution is -0.192. The molecule has 2 heterocycles. The van der Waals surface area contributed by atoms with Gasteiger partial charge in [-0.1, -0.05) is 23.7 Å². The van der Waals surface area contributed by atoms with E-state index in [1.165, 1.54) is 24.5 Å². The number of aliphatic hydroxyl groups is 1. The minimum atomic E-state index is -4.96. The SMILES string of the molecule is CC(C)(O)C(NC(=O)c1cc(-c2ccc(Cl)cc2)nn(-c2cccnc2)c1=O)C(F)(F)F. The van der Waals surface area contributed by atoms with E-state index < -0.39 is 34.8 Å². The molecule has 0 saturated heterocycles. The van der Waals surface area contributed by atoms with E-state index in [1.807, 2.05) is 0 Å². The van der Waals surface area contributed by atoms with Crippen molar-refractivity contribution in [2.45, 2.75) is 31.7 Å². The molecular formula is C21H18ClF3N4O3. The second-order valence-corrected chi connectivity index (χ2v) is 7.92. The predicted octanol–water partition coefficient (Wildman–Crippen LogP) is 3.38. The van der Waals surface area contributed by atoms with Crippen LogP contribution in [-0.4, -0.2) is 43.6 Å². The standard InChI is InChI=1S/C21H18ClF3N4O3/c1-20(2,32)19(21(23,24)25)27-17(30)15-10-16(12-5-7-13(22)8-6-12)28-29(18(15)31)14-4-3-9-26-11-14/h3-11,19,32H,1-2H3,(H,27,30). The highest BCUT2D eigenvalue weighted by molar-refractivity contribution is 6.30. The lowest BCUT2D eigenvalue weighted by Crippen LogP contribution is -2.58. The van der Waals surface area contributed by atoms with Crippen LogP contribution in [0.15, 0.2) is 59.7 Å². The Labute approximate surface area is 185 Å². The molecule has 1 unspecified atom stereocenters. The van der Waals surface area contributed by atoms with Crippen molar-refractivity contribution in [3.8, 4) is 16.9 Å². The molecule has 1 aromatic carbocycles. The number of aromatic nitrogens is 3. The van der Waals surface area contributed by atoms with Gasteiger partial charge in [0.2, 0.25) is 0 Å². The first-order valence-corrected chi connectivity index (χ1v) is 9.66. The number of alkyl halides is 3. The molecule has 0 fully saturated rings. The summed E-state index contributed by atoms with van der Waals surface area (Å²) in [4.78, 5) is 29.7. The van der Waals surface area contributed by atoms with E-state index in [2.05, 4.69) is 10.1 Å². The maximum absolute atomic E-state index is 13.4. The first-order chi connectivity index (χ1) is 14.9. The number of amides is 1. The Hall–Kier alpha value is -3.24. The van der Waals surface area contributed by atoms with Crippen molar-refractivity contribution in [2.24, 2.45) is 0 Å². The lowest BCUT2D eigenvalue weighted by Gasteiger charge is -2.31. The Kier molecular flexibility index (Phi) is 6.38. The predicted molar refractivity (Wildman–Crippen MR) is 112 cm³/mol. The molecule has 1 atom stereocenters. The molecule has 2 N–H and O–H groups in total. The average molecular weight is 467 g/mol. The van der Waals surface area contributed by atoms with Gasteiger partial charge in [-0.3, -0.25) is 14.6 Å². The van der Waals surface area contributed by atoms with Gasteiger partial charge >= 0.3 is 6.18 Å². The van der Waals surface area contributed by atoms with Crippen LogP contribution in [-0.2, 0) is 0 Å².